The predicted octanol–water partition coefficient (Wildman–Crippen LogP) is 2.12. The number of nitrogens with zero attached hydrogens (tertiary/aromatic N) is 2. The van der Waals surface area contributed by atoms with Crippen molar-refractivity contribution < 1.29 is 13.9 Å². The molecule has 2 rings (SSSR count). The van der Waals surface area contributed by atoms with Crippen LogP contribution in [0.5, 0.6) is 0 Å². The molecule has 0 bridgehead atoms. The van der Waals surface area contributed by atoms with Gasteiger partial charge in [-0.2, -0.15) is 5.10 Å². The summed E-state index contributed by atoms with van der Waals surface area (Å²) in [5, 5.41) is 3.47. The van der Waals surface area contributed by atoms with Crippen molar-refractivity contribution in [2.45, 2.75) is 6.54 Å². The minimum absolute atomic E-state index is 0.0459. The van der Waals surface area contributed by atoms with Crippen LogP contribution in [0.25, 0.3) is 10.8 Å². The molecule has 0 aliphatic carbocycles. The van der Waals surface area contributed by atoms with E-state index in [-0.39, 0.29) is 26.9 Å². The van der Waals surface area contributed by atoms with Crippen molar-refractivity contribution in [1.29, 1.82) is 0 Å². The zero-order valence-electron chi connectivity index (χ0n) is 9.61. The summed E-state index contributed by atoms with van der Waals surface area (Å²) in [6, 6.07) is 2.80. The molecule has 0 radical (unpaired) electrons. The van der Waals surface area contributed by atoms with Gasteiger partial charge in [0.2, 0.25) is 0 Å². The van der Waals surface area contributed by atoms with Crippen LogP contribution in [0.3, 0.4) is 0 Å². The first-order chi connectivity index (χ1) is 8.95. The number of fused-ring (bicyclic) bond motifs is 1. The topological polar surface area (TPSA) is 61.2 Å². The van der Waals surface area contributed by atoms with Crippen LogP contribution in [0, 0.1) is 5.82 Å². The number of carbonyl (C=O) groups excluding carboxylic acids is 1. The number of carbonyl (C=O) groups is 1. The summed E-state index contributed by atoms with van der Waals surface area (Å²) < 4.78 is 19.3. The second-order valence-corrected chi connectivity index (χ2v) is 4.83. The summed E-state index contributed by atoms with van der Waals surface area (Å²) in [7, 11) is 1.19. The van der Waals surface area contributed by atoms with Gasteiger partial charge in [-0.25, -0.2) is 9.07 Å². The zero-order chi connectivity index (χ0) is 14.2. The molecule has 0 atom stereocenters. The van der Waals surface area contributed by atoms with E-state index in [0.717, 1.165) is 4.68 Å². The van der Waals surface area contributed by atoms with E-state index in [1.807, 2.05) is 0 Å². The third-order valence-corrected chi connectivity index (χ3v) is 3.36. The van der Waals surface area contributed by atoms with Gasteiger partial charge in [0.1, 0.15) is 12.4 Å². The Labute approximate surface area is 120 Å². The fraction of sp³-hybridized carbons (Fsp3) is 0.182. The maximum Gasteiger partial charge on any atom is 0.327 e. The summed E-state index contributed by atoms with van der Waals surface area (Å²) in [6.45, 7) is -0.386. The highest BCUT2D eigenvalue weighted by Crippen LogP contribution is 2.27. The number of hydrogen-bond acceptors (Lipinski definition) is 4. The summed E-state index contributed by atoms with van der Waals surface area (Å²) in [6.07, 6.45) is 0. The van der Waals surface area contributed by atoms with Gasteiger partial charge in [0.05, 0.1) is 22.4 Å². The lowest BCUT2D eigenvalue weighted by Gasteiger charge is -2.07. The molecule has 0 saturated heterocycles. The molecule has 1 aromatic heterocycles. The maximum atomic E-state index is 13.9. The lowest BCUT2D eigenvalue weighted by molar-refractivity contribution is -0.141. The van der Waals surface area contributed by atoms with Gasteiger partial charge in [0, 0.05) is 0 Å². The minimum Gasteiger partial charge on any atom is -0.468 e. The van der Waals surface area contributed by atoms with E-state index in [4.69, 9.17) is 11.6 Å². The van der Waals surface area contributed by atoms with Crippen LogP contribution in [-0.2, 0) is 16.1 Å². The van der Waals surface area contributed by atoms with Crippen molar-refractivity contribution in [1.82, 2.24) is 9.78 Å². The first kappa shape index (κ1) is 14.0. The molecule has 19 heavy (non-hydrogen) atoms. The fourth-order valence-corrected chi connectivity index (χ4v) is 2.17. The summed E-state index contributed by atoms with van der Waals surface area (Å²) in [4.78, 5) is 23.2. The molecule has 0 amide bonds. The molecule has 0 saturated carbocycles. The van der Waals surface area contributed by atoms with Gasteiger partial charge >= 0.3 is 5.97 Å². The largest absolute Gasteiger partial charge is 0.468 e. The number of ether oxygens (including phenoxy) is 1. The van der Waals surface area contributed by atoms with Crippen molar-refractivity contribution in [2.75, 3.05) is 7.11 Å². The first-order valence-electron chi connectivity index (χ1n) is 5.07. The van der Waals surface area contributed by atoms with Gasteiger partial charge in [0.25, 0.3) is 5.56 Å². The number of aromatic nitrogens is 2. The van der Waals surface area contributed by atoms with E-state index >= 15 is 0 Å². The Balaban J connectivity index is 2.74. The Bertz CT molecular complexity index is 732. The van der Waals surface area contributed by atoms with Crippen molar-refractivity contribution in [2.24, 2.45) is 0 Å². The van der Waals surface area contributed by atoms with Crippen molar-refractivity contribution >= 4 is 44.3 Å². The number of rotatable bonds is 2. The molecule has 5 nitrogen and oxygen atoms in total. The second-order valence-electron chi connectivity index (χ2n) is 3.61. The predicted molar refractivity (Wildman–Crippen MR) is 70.7 cm³/mol. The Kier molecular flexibility index (Phi) is 3.86. The molecule has 0 unspecified atom stereocenters. The zero-order valence-corrected chi connectivity index (χ0v) is 12.0. The highest BCUT2D eigenvalue weighted by atomic mass is 79.9. The Hall–Kier alpha value is -1.47. The molecular formula is C11H7BrClFN2O3. The molecule has 8 heteroatoms. The fourth-order valence-electron chi connectivity index (χ4n) is 1.56. The smallest absolute Gasteiger partial charge is 0.327 e. The average molecular weight is 350 g/mol. The lowest BCUT2D eigenvalue weighted by Crippen LogP contribution is -2.27. The van der Waals surface area contributed by atoms with Crippen LogP contribution in [0.15, 0.2) is 21.4 Å². The minimum atomic E-state index is -0.669. The molecule has 1 aromatic carbocycles. The van der Waals surface area contributed by atoms with Crippen molar-refractivity contribution in [3.63, 3.8) is 0 Å². The van der Waals surface area contributed by atoms with E-state index in [2.05, 4.69) is 25.8 Å². The van der Waals surface area contributed by atoms with Crippen LogP contribution in [0.4, 0.5) is 4.39 Å². The van der Waals surface area contributed by atoms with Gasteiger partial charge < -0.3 is 4.74 Å². The van der Waals surface area contributed by atoms with Gasteiger partial charge in [0.15, 0.2) is 5.15 Å². The maximum absolute atomic E-state index is 13.9. The Morgan fingerprint density at radius 1 is 1.58 bits per heavy atom. The second kappa shape index (κ2) is 5.26. The molecular weight excluding hydrogens is 342 g/mol. The quantitative estimate of drug-likeness (QED) is 0.779. The van der Waals surface area contributed by atoms with Gasteiger partial charge in [-0.3, -0.25) is 9.59 Å². The molecule has 0 fully saturated rings. The van der Waals surface area contributed by atoms with E-state index in [1.54, 1.807) is 0 Å². The average Bonchev–Trinajstić information content (AvgIpc) is 2.38. The summed E-state index contributed by atoms with van der Waals surface area (Å²) in [5.41, 5.74) is -0.615. The number of esters is 1. The lowest BCUT2D eigenvalue weighted by atomic mass is 10.2. The number of hydrogen-bond donors (Lipinski definition) is 0. The van der Waals surface area contributed by atoms with Crippen molar-refractivity contribution in [3.05, 3.63) is 37.9 Å². The van der Waals surface area contributed by atoms with Crippen LogP contribution in [0.1, 0.15) is 0 Å². The van der Waals surface area contributed by atoms with Gasteiger partial charge in [-0.15, -0.1) is 0 Å². The highest BCUT2D eigenvalue weighted by molar-refractivity contribution is 9.10. The molecule has 0 aliphatic heterocycles. The van der Waals surface area contributed by atoms with Crippen LogP contribution in [-0.4, -0.2) is 22.9 Å². The molecule has 0 aliphatic rings. The molecule has 2 aromatic rings. The third-order valence-electron chi connectivity index (χ3n) is 2.48. The molecule has 0 N–H and O–H groups in total. The van der Waals surface area contributed by atoms with Crippen LogP contribution in [0.2, 0.25) is 5.15 Å². The number of halogens is 3. The van der Waals surface area contributed by atoms with Gasteiger partial charge in [-0.05, 0) is 28.1 Å². The normalized spacial score (nSPS) is 10.7. The first-order valence-corrected chi connectivity index (χ1v) is 6.24. The van der Waals surface area contributed by atoms with E-state index in [9.17, 15) is 14.0 Å². The van der Waals surface area contributed by atoms with Gasteiger partial charge in [-0.1, -0.05) is 11.6 Å². The SMILES string of the molecule is COC(=O)Cn1nc(Cl)c2c(F)c(Br)ccc2c1=O. The molecule has 1 heterocycles. The van der Waals surface area contributed by atoms with Crippen LogP contribution < -0.4 is 5.56 Å². The van der Waals surface area contributed by atoms with E-state index < -0.39 is 17.3 Å². The Morgan fingerprint density at radius 2 is 2.26 bits per heavy atom. The number of benzene rings is 1. The summed E-state index contributed by atoms with van der Waals surface area (Å²) >= 11 is 8.85. The molecule has 0 spiro atoms. The van der Waals surface area contributed by atoms with Crippen molar-refractivity contribution in [3.8, 4) is 0 Å². The van der Waals surface area contributed by atoms with E-state index in [1.165, 1.54) is 19.2 Å². The Morgan fingerprint density at radius 3 is 2.89 bits per heavy atom. The number of methoxy groups -OCH3 is 1. The highest BCUT2D eigenvalue weighted by Gasteiger charge is 2.16. The monoisotopic (exact) mass is 348 g/mol. The summed E-state index contributed by atoms with van der Waals surface area (Å²) in [5.74, 6) is -1.32. The standard InChI is InChI=1S/C11H7BrClFN2O3/c1-19-7(17)4-16-11(18)5-2-3-6(12)9(14)8(5)10(13)15-16/h2-3H,4H2,1H3. The molecule has 100 valence electrons. The van der Waals surface area contributed by atoms with Crippen LogP contribution >= 0.6 is 27.5 Å². The third kappa shape index (κ3) is 2.48. The van der Waals surface area contributed by atoms with E-state index in [0.29, 0.717) is 0 Å².